The van der Waals surface area contributed by atoms with Crippen LogP contribution in [0.2, 0.25) is 0 Å². The average molecular weight is 735 g/mol. The number of aryl methyl sites for hydroxylation is 1. The number of ether oxygens (including phenoxy) is 5. The molecule has 3 aliphatic rings. The van der Waals surface area contributed by atoms with Gasteiger partial charge in [-0.25, -0.2) is 0 Å². The number of rotatable bonds is 6. The number of aromatic amines is 1. The Morgan fingerprint density at radius 1 is 1.09 bits per heavy atom. The molecular formula is C41H38N2O11. The van der Waals surface area contributed by atoms with E-state index in [0.717, 1.165) is 22.0 Å². The molecule has 1 aromatic heterocycles. The van der Waals surface area contributed by atoms with Gasteiger partial charge in [-0.15, -0.1) is 0 Å². The molecule has 5 atom stereocenters. The van der Waals surface area contributed by atoms with Crippen molar-refractivity contribution in [3.8, 4) is 29.3 Å². The Balaban J connectivity index is 1.22. The molecular weight excluding hydrogens is 696 g/mol. The van der Waals surface area contributed by atoms with Crippen molar-refractivity contribution in [2.45, 2.75) is 56.7 Å². The van der Waals surface area contributed by atoms with Gasteiger partial charge in [0, 0.05) is 47.3 Å². The van der Waals surface area contributed by atoms with Crippen LogP contribution in [0.3, 0.4) is 0 Å². The van der Waals surface area contributed by atoms with Gasteiger partial charge in [0.25, 0.3) is 5.91 Å². The molecule has 8 rings (SSSR count). The normalized spacial score (nSPS) is 23.8. The second-order valence-electron chi connectivity index (χ2n) is 13.8. The number of fused-ring (bicyclic) bond motifs is 5. The lowest BCUT2D eigenvalue weighted by Crippen LogP contribution is -2.70. The number of benzene rings is 4. The monoisotopic (exact) mass is 734 g/mol. The molecule has 13 heteroatoms. The quantitative estimate of drug-likeness (QED) is 0.161. The van der Waals surface area contributed by atoms with Crippen LogP contribution in [-0.4, -0.2) is 99.1 Å². The van der Waals surface area contributed by atoms with Gasteiger partial charge in [0.05, 0.1) is 44.4 Å². The van der Waals surface area contributed by atoms with Crippen molar-refractivity contribution in [1.82, 2.24) is 9.88 Å². The molecule has 4 aromatic carbocycles. The highest BCUT2D eigenvalue weighted by Crippen LogP contribution is 2.43. The minimum atomic E-state index is -2.41. The zero-order valence-electron chi connectivity index (χ0n) is 29.5. The maximum atomic E-state index is 14.0. The summed E-state index contributed by atoms with van der Waals surface area (Å²) < 4.78 is 30.0. The van der Waals surface area contributed by atoms with Crippen LogP contribution in [-0.2, 0) is 33.8 Å². The Hall–Kier alpha value is -5.62. The lowest BCUT2D eigenvalue weighted by Gasteiger charge is -2.47. The average Bonchev–Trinajstić information content (AvgIpc) is 3.72. The number of hydrogen-bond acceptors (Lipinski definition) is 11. The number of nitrogens with one attached hydrogen (secondary N) is 1. The highest BCUT2D eigenvalue weighted by atomic mass is 16.7. The number of methoxy groups -OCH3 is 1. The predicted octanol–water partition coefficient (Wildman–Crippen LogP) is 3.49. The fraction of sp³-hybridized carbons (Fsp3) is 0.317. The van der Waals surface area contributed by atoms with Crippen LogP contribution >= 0.6 is 0 Å². The largest absolute Gasteiger partial charge is 0.506 e. The first-order chi connectivity index (χ1) is 26.1. The maximum absolute atomic E-state index is 14.0. The van der Waals surface area contributed by atoms with Gasteiger partial charge in [0.1, 0.15) is 35.6 Å². The number of aromatic nitrogens is 1. The molecule has 0 aliphatic carbocycles. The first-order valence-electron chi connectivity index (χ1n) is 17.5. The summed E-state index contributed by atoms with van der Waals surface area (Å²) >= 11 is 0. The van der Waals surface area contributed by atoms with E-state index in [0.29, 0.717) is 27.8 Å². The van der Waals surface area contributed by atoms with E-state index in [1.807, 2.05) is 36.5 Å². The molecule has 3 aliphatic heterocycles. The van der Waals surface area contributed by atoms with Gasteiger partial charge < -0.3 is 54.0 Å². The van der Waals surface area contributed by atoms with Crippen molar-refractivity contribution in [3.05, 3.63) is 100 Å². The minimum absolute atomic E-state index is 0.0179. The predicted molar refractivity (Wildman–Crippen MR) is 194 cm³/mol. The van der Waals surface area contributed by atoms with Crippen molar-refractivity contribution >= 4 is 33.4 Å². The van der Waals surface area contributed by atoms with E-state index in [1.165, 1.54) is 18.1 Å². The van der Waals surface area contributed by atoms with Gasteiger partial charge in [-0.3, -0.25) is 9.59 Å². The van der Waals surface area contributed by atoms with Crippen molar-refractivity contribution in [1.29, 1.82) is 0 Å². The number of aromatic hydroxyl groups is 1. The zero-order valence-corrected chi connectivity index (χ0v) is 29.5. The summed E-state index contributed by atoms with van der Waals surface area (Å²) in [6.45, 7) is 0.507. The van der Waals surface area contributed by atoms with Crippen LogP contribution in [0.25, 0.3) is 21.7 Å². The van der Waals surface area contributed by atoms with E-state index >= 15 is 0 Å². The Kier molecular flexibility index (Phi) is 9.17. The lowest BCUT2D eigenvalue weighted by molar-refractivity contribution is -0.327. The molecule has 5 aromatic rings. The smallest absolute Gasteiger partial charge is 0.254 e. The topological polar surface area (TPSA) is 180 Å². The molecule has 1 saturated heterocycles. The summed E-state index contributed by atoms with van der Waals surface area (Å²) in [5.74, 6) is 1.91. The van der Waals surface area contributed by atoms with E-state index in [2.05, 4.69) is 17.0 Å². The summed E-state index contributed by atoms with van der Waals surface area (Å²) in [5.41, 5.74) is 1.70. The molecule has 0 saturated carbocycles. The van der Waals surface area contributed by atoms with Crippen LogP contribution in [0, 0.1) is 19.0 Å². The minimum Gasteiger partial charge on any atom is -0.506 e. The van der Waals surface area contributed by atoms with E-state index in [-0.39, 0.29) is 55.3 Å². The molecule has 4 heterocycles. The number of para-hydroxylation sites is 1. The van der Waals surface area contributed by atoms with Crippen LogP contribution < -0.4 is 9.47 Å². The molecule has 0 unspecified atom stereocenters. The molecule has 13 nitrogen and oxygen atoms in total. The number of hydrogen-bond donors (Lipinski definition) is 5. The van der Waals surface area contributed by atoms with Crippen molar-refractivity contribution in [2.24, 2.45) is 0 Å². The second-order valence-corrected chi connectivity index (χ2v) is 13.8. The summed E-state index contributed by atoms with van der Waals surface area (Å²) in [5, 5.41) is 47.8. The molecule has 0 radical (unpaired) electrons. The third-order valence-electron chi connectivity index (χ3n) is 10.5. The lowest BCUT2D eigenvalue weighted by atomic mass is 9.86. The SMILES string of the molecule is COc1cc2c3c(O)c(c(C)cc3c1)C(=O)CN1Cc3c(cccc3C1=O)CC#CO[C@H]1[C@H](O)[C@@H](COCc3c[nH]c4ccccc34)O[C@H](O2)[C@@]1(O)CO. The van der Waals surface area contributed by atoms with Gasteiger partial charge in [-0.2, -0.15) is 0 Å². The van der Waals surface area contributed by atoms with E-state index in [1.54, 1.807) is 31.2 Å². The van der Waals surface area contributed by atoms with Crippen LogP contribution in [0.15, 0.2) is 66.9 Å². The van der Waals surface area contributed by atoms with E-state index in [9.17, 15) is 30.0 Å². The number of carbonyl (C=O) groups is 2. The molecule has 278 valence electrons. The van der Waals surface area contributed by atoms with Crippen molar-refractivity contribution < 1.29 is 53.7 Å². The molecule has 1 amide bonds. The van der Waals surface area contributed by atoms with Crippen molar-refractivity contribution in [3.63, 3.8) is 0 Å². The third-order valence-corrected chi connectivity index (χ3v) is 10.5. The first-order valence-corrected chi connectivity index (χ1v) is 17.5. The highest BCUT2D eigenvalue weighted by molar-refractivity contribution is 6.10. The summed E-state index contributed by atoms with van der Waals surface area (Å²) in [6, 6.07) is 17.7. The van der Waals surface area contributed by atoms with Gasteiger partial charge >= 0.3 is 0 Å². The van der Waals surface area contributed by atoms with Crippen molar-refractivity contribution in [2.75, 3.05) is 26.9 Å². The standard InChI is InChI=1S/C41H38N2O11/c1-22-13-24-14-26(50-2)15-32-35(24)37(47)34(22)31(45)18-43-17-29-23(7-5-10-28(29)39(43)48)8-6-12-52-38-36(46)33(54-40(53-32)41(38,49)21-44)20-51-19-25-16-42-30-11-4-3-9-27(25)30/h3-5,7,9-11,13-16,33,36,38,40,42,44,46-47,49H,8,17-21H2,1-2H3/t33-,36-,38+,40+,41-/m1/s1. The number of aliphatic hydroxyl groups is 3. The molecule has 6 bridgehead atoms. The fourth-order valence-electron chi connectivity index (χ4n) is 7.63. The summed E-state index contributed by atoms with van der Waals surface area (Å²) in [7, 11) is 1.44. The van der Waals surface area contributed by atoms with Gasteiger partial charge in [-0.05, 0) is 47.2 Å². The third kappa shape index (κ3) is 5.98. The number of nitrogens with zero attached hydrogens (tertiary/aromatic N) is 1. The van der Waals surface area contributed by atoms with Crippen LogP contribution in [0.1, 0.15) is 43.0 Å². The number of phenols is 1. The number of Topliss-reactive ketones (excluding diaryl/α,β-unsaturated/α-hetero) is 1. The maximum Gasteiger partial charge on any atom is 0.254 e. The van der Waals surface area contributed by atoms with Gasteiger partial charge in [-0.1, -0.05) is 42.3 Å². The molecule has 54 heavy (non-hydrogen) atoms. The number of carbonyl (C=O) groups excluding carboxylic acids is 2. The second kappa shape index (κ2) is 14.0. The fourth-order valence-corrected chi connectivity index (χ4v) is 7.63. The number of ketones is 1. The zero-order chi connectivity index (χ0) is 37.7. The van der Waals surface area contributed by atoms with E-state index < -0.39 is 48.3 Å². The Morgan fingerprint density at radius 3 is 2.74 bits per heavy atom. The highest BCUT2D eigenvalue weighted by Gasteiger charge is 2.58. The Bertz CT molecular complexity index is 2360. The van der Waals surface area contributed by atoms with Crippen LogP contribution in [0.5, 0.6) is 17.2 Å². The number of phenolic OH excluding ortho intramolecular Hbond substituents is 1. The first kappa shape index (κ1) is 35.4. The van der Waals surface area contributed by atoms with Gasteiger partial charge in [0.2, 0.25) is 6.29 Å². The number of H-pyrrole nitrogens is 1. The Labute approximate surface area is 309 Å². The molecule has 5 N–H and O–H groups in total. The van der Waals surface area contributed by atoms with E-state index in [4.69, 9.17) is 23.7 Å². The summed E-state index contributed by atoms with van der Waals surface area (Å²) in [6.07, 6.45) is -1.50. The molecule has 1 fully saturated rings. The number of amides is 1. The Morgan fingerprint density at radius 2 is 1.93 bits per heavy atom. The summed E-state index contributed by atoms with van der Waals surface area (Å²) in [4.78, 5) is 32.0. The molecule has 0 spiro atoms. The number of aliphatic hydroxyl groups excluding tert-OH is 2. The van der Waals surface area contributed by atoms with Crippen LogP contribution in [0.4, 0.5) is 0 Å². The van der Waals surface area contributed by atoms with Gasteiger partial charge in [0.15, 0.2) is 17.5 Å².